The van der Waals surface area contributed by atoms with Crippen LogP contribution in [0.2, 0.25) is 0 Å². The van der Waals surface area contributed by atoms with Crippen molar-refractivity contribution in [2.24, 2.45) is 7.05 Å². The van der Waals surface area contributed by atoms with Crippen LogP contribution in [0.1, 0.15) is 5.89 Å². The fourth-order valence-electron chi connectivity index (χ4n) is 1.78. The van der Waals surface area contributed by atoms with Gasteiger partial charge < -0.3 is 9.84 Å². The Kier molecular flexibility index (Phi) is 3.95. The Labute approximate surface area is 129 Å². The van der Waals surface area contributed by atoms with Gasteiger partial charge in [-0.2, -0.15) is 15.1 Å². The second-order valence-corrected chi connectivity index (χ2v) is 4.54. The van der Waals surface area contributed by atoms with Gasteiger partial charge in [-0.3, -0.25) is 5.32 Å². The van der Waals surface area contributed by atoms with E-state index in [1.807, 2.05) is 0 Å². The molecule has 23 heavy (non-hydrogen) atoms. The predicted octanol–water partition coefficient (Wildman–Crippen LogP) is 1.33. The molecule has 0 saturated carbocycles. The summed E-state index contributed by atoms with van der Waals surface area (Å²) in [5, 5.41) is 12.6. The molecule has 0 radical (unpaired) electrons. The van der Waals surface area contributed by atoms with Crippen LogP contribution in [0.3, 0.4) is 0 Å². The van der Waals surface area contributed by atoms with Crippen LogP contribution in [0.5, 0.6) is 0 Å². The van der Waals surface area contributed by atoms with Crippen LogP contribution >= 0.6 is 0 Å². The van der Waals surface area contributed by atoms with Gasteiger partial charge in [0.25, 0.3) is 0 Å². The molecule has 0 atom stereocenters. The Balaban J connectivity index is 1.59. The van der Waals surface area contributed by atoms with E-state index in [9.17, 15) is 9.18 Å². The number of benzene rings is 1. The molecule has 3 aromatic rings. The first kappa shape index (κ1) is 14.6. The number of carbonyl (C=O) groups excluding carboxylic acids is 1. The number of aromatic nitrogens is 5. The van der Waals surface area contributed by atoms with Crippen molar-refractivity contribution >= 4 is 12.0 Å². The number of nitrogens with zero attached hydrogens (tertiary/aromatic N) is 5. The number of nitrogens with one attached hydrogen (secondary N) is 2. The van der Waals surface area contributed by atoms with E-state index in [0.29, 0.717) is 11.5 Å². The Bertz CT molecular complexity index is 829. The summed E-state index contributed by atoms with van der Waals surface area (Å²) < 4.78 is 19.6. The summed E-state index contributed by atoms with van der Waals surface area (Å²) in [6.45, 7) is 0.0198. The molecular formula is C13H12FN7O2. The average molecular weight is 317 g/mol. The van der Waals surface area contributed by atoms with Gasteiger partial charge in [0.2, 0.25) is 17.7 Å². The first-order valence-corrected chi connectivity index (χ1v) is 6.59. The number of aryl methyl sites for hydroxylation is 1. The molecule has 2 N–H and O–H groups in total. The second-order valence-electron chi connectivity index (χ2n) is 4.54. The molecule has 0 aliphatic heterocycles. The van der Waals surface area contributed by atoms with Crippen LogP contribution in [0.15, 0.2) is 35.1 Å². The maximum absolute atomic E-state index is 13.2. The molecule has 3 rings (SSSR count). The maximum atomic E-state index is 13.2. The fourth-order valence-corrected chi connectivity index (χ4v) is 1.78. The van der Waals surface area contributed by atoms with Gasteiger partial charge in [-0.05, 0) is 12.1 Å². The normalized spacial score (nSPS) is 10.5. The SMILES string of the molecule is Cn1ncnc1NC(=O)NCc1nc(-c2cccc(F)c2)no1. The highest BCUT2D eigenvalue weighted by molar-refractivity contribution is 5.87. The summed E-state index contributed by atoms with van der Waals surface area (Å²) in [7, 11) is 1.64. The number of amides is 2. The van der Waals surface area contributed by atoms with E-state index < -0.39 is 11.8 Å². The Hall–Kier alpha value is -3.30. The van der Waals surface area contributed by atoms with Crippen LogP contribution in [0.25, 0.3) is 11.4 Å². The standard InChI is InChI=1S/C13H12FN7O2/c1-21-12(16-7-17-21)19-13(22)15-6-10-18-11(20-23-10)8-3-2-4-9(14)5-8/h2-5,7H,6H2,1H3,(H2,15,16,17,19,22). The van der Waals surface area contributed by atoms with Crippen LogP contribution < -0.4 is 10.6 Å². The number of anilines is 1. The summed E-state index contributed by atoms with van der Waals surface area (Å²) in [6, 6.07) is 5.33. The van der Waals surface area contributed by atoms with Gasteiger partial charge in [-0.1, -0.05) is 17.3 Å². The highest BCUT2D eigenvalue weighted by Crippen LogP contribution is 2.16. The minimum absolute atomic E-state index is 0.0198. The second kappa shape index (κ2) is 6.22. The molecule has 0 aliphatic carbocycles. The van der Waals surface area contributed by atoms with Crippen molar-refractivity contribution in [2.75, 3.05) is 5.32 Å². The van der Waals surface area contributed by atoms with Crippen LogP contribution in [-0.2, 0) is 13.6 Å². The molecule has 118 valence electrons. The van der Waals surface area contributed by atoms with E-state index in [4.69, 9.17) is 4.52 Å². The molecular weight excluding hydrogens is 305 g/mol. The summed E-state index contributed by atoms with van der Waals surface area (Å²) in [6.07, 6.45) is 1.32. The van der Waals surface area contributed by atoms with Crippen molar-refractivity contribution in [1.82, 2.24) is 30.2 Å². The zero-order chi connectivity index (χ0) is 16.2. The molecule has 2 amide bonds. The molecule has 0 saturated heterocycles. The monoisotopic (exact) mass is 317 g/mol. The molecule has 10 heteroatoms. The van der Waals surface area contributed by atoms with Crippen LogP contribution in [0, 0.1) is 5.82 Å². The molecule has 0 fully saturated rings. The molecule has 0 unspecified atom stereocenters. The van der Waals surface area contributed by atoms with Gasteiger partial charge in [-0.15, -0.1) is 0 Å². The quantitative estimate of drug-likeness (QED) is 0.751. The number of urea groups is 1. The third kappa shape index (κ3) is 3.48. The predicted molar refractivity (Wildman–Crippen MR) is 76.6 cm³/mol. The number of carbonyl (C=O) groups is 1. The molecule has 0 bridgehead atoms. The molecule has 0 aliphatic rings. The fraction of sp³-hybridized carbons (Fsp3) is 0.154. The third-order valence-electron chi connectivity index (χ3n) is 2.89. The summed E-state index contributed by atoms with van der Waals surface area (Å²) in [5.74, 6) is 0.343. The Morgan fingerprint density at radius 1 is 1.43 bits per heavy atom. The largest absolute Gasteiger partial charge is 0.337 e. The first-order chi connectivity index (χ1) is 11.1. The molecule has 0 spiro atoms. The van der Waals surface area contributed by atoms with Gasteiger partial charge in [0.05, 0.1) is 6.54 Å². The van der Waals surface area contributed by atoms with E-state index in [1.165, 1.54) is 23.1 Å². The number of hydrogen-bond acceptors (Lipinski definition) is 6. The molecule has 1 aromatic carbocycles. The number of rotatable bonds is 4. The summed E-state index contributed by atoms with van der Waals surface area (Å²) in [4.78, 5) is 19.7. The molecule has 2 heterocycles. The van der Waals surface area contributed by atoms with Crippen molar-refractivity contribution in [3.05, 3.63) is 42.3 Å². The highest BCUT2D eigenvalue weighted by atomic mass is 19.1. The van der Waals surface area contributed by atoms with Crippen LogP contribution in [0.4, 0.5) is 15.1 Å². The lowest BCUT2D eigenvalue weighted by Crippen LogP contribution is -2.29. The zero-order valence-electron chi connectivity index (χ0n) is 12.0. The van der Waals surface area contributed by atoms with E-state index in [-0.39, 0.29) is 18.3 Å². The topological polar surface area (TPSA) is 111 Å². The maximum Gasteiger partial charge on any atom is 0.322 e. The lowest BCUT2D eigenvalue weighted by Gasteiger charge is -2.03. The van der Waals surface area contributed by atoms with Crippen molar-refractivity contribution in [1.29, 1.82) is 0 Å². The first-order valence-electron chi connectivity index (χ1n) is 6.59. The minimum atomic E-state index is -0.494. The van der Waals surface area contributed by atoms with Crippen molar-refractivity contribution in [2.45, 2.75) is 6.54 Å². The van der Waals surface area contributed by atoms with E-state index >= 15 is 0 Å². The van der Waals surface area contributed by atoms with E-state index in [1.54, 1.807) is 19.2 Å². The summed E-state index contributed by atoms with van der Waals surface area (Å²) in [5.41, 5.74) is 0.489. The van der Waals surface area contributed by atoms with Gasteiger partial charge in [0, 0.05) is 12.6 Å². The van der Waals surface area contributed by atoms with Crippen molar-refractivity contribution < 1.29 is 13.7 Å². The lowest BCUT2D eigenvalue weighted by atomic mass is 10.2. The Morgan fingerprint density at radius 2 is 2.30 bits per heavy atom. The van der Waals surface area contributed by atoms with E-state index in [2.05, 4.69) is 30.9 Å². The highest BCUT2D eigenvalue weighted by Gasteiger charge is 2.11. The third-order valence-corrected chi connectivity index (χ3v) is 2.89. The van der Waals surface area contributed by atoms with Crippen molar-refractivity contribution in [3.63, 3.8) is 0 Å². The van der Waals surface area contributed by atoms with Crippen LogP contribution in [-0.4, -0.2) is 30.9 Å². The van der Waals surface area contributed by atoms with Gasteiger partial charge in [0.1, 0.15) is 12.1 Å². The molecule has 2 aromatic heterocycles. The summed E-state index contributed by atoms with van der Waals surface area (Å²) >= 11 is 0. The van der Waals surface area contributed by atoms with Gasteiger partial charge in [-0.25, -0.2) is 13.9 Å². The Morgan fingerprint density at radius 3 is 3.04 bits per heavy atom. The smallest absolute Gasteiger partial charge is 0.322 e. The van der Waals surface area contributed by atoms with Gasteiger partial charge in [0.15, 0.2) is 0 Å². The van der Waals surface area contributed by atoms with Crippen molar-refractivity contribution in [3.8, 4) is 11.4 Å². The minimum Gasteiger partial charge on any atom is -0.337 e. The zero-order valence-corrected chi connectivity index (χ0v) is 12.0. The number of halogens is 1. The molecule has 9 nitrogen and oxygen atoms in total. The number of hydrogen-bond donors (Lipinski definition) is 2. The van der Waals surface area contributed by atoms with E-state index in [0.717, 1.165) is 0 Å². The average Bonchev–Trinajstić information content (AvgIpc) is 3.15. The lowest BCUT2D eigenvalue weighted by molar-refractivity contribution is 0.249. The van der Waals surface area contributed by atoms with Gasteiger partial charge >= 0.3 is 6.03 Å².